The molecule has 1 aliphatic rings. The van der Waals surface area contributed by atoms with Crippen molar-refractivity contribution < 1.29 is 0 Å². The monoisotopic (exact) mass is 365 g/mol. The Hall–Kier alpha value is 0.280. The molecule has 5 heteroatoms. The molecule has 1 N–H and O–H groups in total. The van der Waals surface area contributed by atoms with Gasteiger partial charge in [0.15, 0.2) is 0 Å². The lowest BCUT2D eigenvalue weighted by Gasteiger charge is -2.26. The summed E-state index contributed by atoms with van der Waals surface area (Å²) in [5, 5.41) is 4.67. The molecule has 0 bridgehead atoms. The van der Waals surface area contributed by atoms with Crippen molar-refractivity contribution in [2.24, 2.45) is 0 Å². The summed E-state index contributed by atoms with van der Waals surface area (Å²) in [6.07, 6.45) is 7.41. The molecule has 17 heavy (non-hydrogen) atoms. The molecule has 0 atom stereocenters. The maximum atomic E-state index is 4.34. The maximum absolute atomic E-state index is 4.34. The van der Waals surface area contributed by atoms with Gasteiger partial charge in [0.05, 0.1) is 9.08 Å². The third kappa shape index (κ3) is 5.19. The van der Waals surface area contributed by atoms with E-state index < -0.39 is 0 Å². The molecule has 0 saturated carbocycles. The van der Waals surface area contributed by atoms with Gasteiger partial charge in [-0.05, 0) is 68.0 Å². The summed E-state index contributed by atoms with van der Waals surface area (Å²) in [5.74, 6) is 0. The minimum Gasteiger partial charge on any atom is -0.310 e. The largest absolute Gasteiger partial charge is 0.310 e. The van der Waals surface area contributed by atoms with Crippen LogP contribution in [0.25, 0.3) is 0 Å². The second kappa shape index (κ2) is 7.66. The molecule has 0 unspecified atom stereocenters. The molecule has 0 spiro atoms. The van der Waals surface area contributed by atoms with E-state index in [1.54, 1.807) is 11.3 Å². The summed E-state index contributed by atoms with van der Waals surface area (Å²) in [6.45, 7) is 5.90. The summed E-state index contributed by atoms with van der Waals surface area (Å²) in [5.41, 5.74) is 0. The van der Waals surface area contributed by atoms with E-state index in [-0.39, 0.29) is 0 Å². The first kappa shape index (κ1) is 13.7. The number of halogens is 1. The Kier molecular flexibility index (Phi) is 6.17. The van der Waals surface area contributed by atoms with Crippen LogP contribution in [0.2, 0.25) is 0 Å². The van der Waals surface area contributed by atoms with Crippen LogP contribution in [0.4, 0.5) is 0 Å². The van der Waals surface area contributed by atoms with E-state index in [1.807, 2.05) is 6.20 Å². The van der Waals surface area contributed by atoms with Gasteiger partial charge < -0.3 is 10.2 Å². The van der Waals surface area contributed by atoms with E-state index in [9.17, 15) is 0 Å². The Morgan fingerprint density at radius 2 is 2.18 bits per heavy atom. The average Bonchev–Trinajstić information content (AvgIpc) is 2.76. The van der Waals surface area contributed by atoms with Gasteiger partial charge in [-0.3, -0.25) is 0 Å². The fraction of sp³-hybridized carbons (Fsp3) is 0.750. The van der Waals surface area contributed by atoms with Crippen LogP contribution in [0.3, 0.4) is 0 Å². The van der Waals surface area contributed by atoms with Crippen LogP contribution in [-0.4, -0.2) is 36.1 Å². The Bertz CT molecular complexity index is 323. The van der Waals surface area contributed by atoms with Crippen LogP contribution < -0.4 is 5.32 Å². The second-order valence-electron chi connectivity index (χ2n) is 4.49. The molecule has 0 radical (unpaired) electrons. The van der Waals surface area contributed by atoms with Crippen molar-refractivity contribution in [3.05, 3.63) is 14.1 Å². The van der Waals surface area contributed by atoms with Crippen LogP contribution in [-0.2, 0) is 6.54 Å². The fourth-order valence-electron chi connectivity index (χ4n) is 2.18. The normalized spacial score (nSPS) is 17.5. The van der Waals surface area contributed by atoms with Crippen molar-refractivity contribution >= 4 is 33.9 Å². The summed E-state index contributed by atoms with van der Waals surface area (Å²) >= 11 is 4.10. The topological polar surface area (TPSA) is 28.2 Å². The zero-order valence-electron chi connectivity index (χ0n) is 10.1. The van der Waals surface area contributed by atoms with E-state index in [2.05, 4.69) is 37.8 Å². The number of nitrogens with one attached hydrogen (secondary N) is 1. The molecule has 0 aliphatic carbocycles. The van der Waals surface area contributed by atoms with Crippen molar-refractivity contribution in [2.75, 3.05) is 26.2 Å². The predicted octanol–water partition coefficient (Wildman–Crippen LogP) is 2.71. The van der Waals surface area contributed by atoms with Crippen molar-refractivity contribution in [3.63, 3.8) is 0 Å². The minimum absolute atomic E-state index is 0.924. The molecular formula is C12H20IN3S. The molecule has 1 saturated heterocycles. The van der Waals surface area contributed by atoms with Gasteiger partial charge in [-0.25, -0.2) is 4.98 Å². The second-order valence-corrected chi connectivity index (χ2v) is 7.50. The van der Waals surface area contributed by atoms with Gasteiger partial charge in [0.25, 0.3) is 0 Å². The molecule has 0 amide bonds. The van der Waals surface area contributed by atoms with Gasteiger partial charge in [-0.15, -0.1) is 11.3 Å². The summed E-state index contributed by atoms with van der Waals surface area (Å²) in [6, 6.07) is 0. The molecule has 0 aromatic carbocycles. The van der Waals surface area contributed by atoms with Crippen LogP contribution in [0, 0.1) is 2.88 Å². The number of likely N-dealkylation sites (tertiary alicyclic amines) is 1. The van der Waals surface area contributed by atoms with E-state index >= 15 is 0 Å². The van der Waals surface area contributed by atoms with Gasteiger partial charge in [0.2, 0.25) is 0 Å². The quantitative estimate of drug-likeness (QED) is 0.621. The van der Waals surface area contributed by atoms with E-state index in [0.29, 0.717) is 0 Å². The number of hydrogen-bond acceptors (Lipinski definition) is 4. The summed E-state index contributed by atoms with van der Waals surface area (Å²) < 4.78 is 1.27. The van der Waals surface area contributed by atoms with E-state index in [0.717, 1.165) is 13.1 Å². The Labute approximate surface area is 121 Å². The fourth-order valence-corrected chi connectivity index (χ4v) is 3.69. The Balaban J connectivity index is 1.51. The van der Waals surface area contributed by atoms with Gasteiger partial charge >= 0.3 is 0 Å². The maximum Gasteiger partial charge on any atom is 0.107 e. The number of thiazole rings is 1. The highest BCUT2D eigenvalue weighted by molar-refractivity contribution is 14.1. The van der Waals surface area contributed by atoms with Gasteiger partial charge in [0.1, 0.15) is 5.01 Å². The number of piperidine rings is 1. The smallest absolute Gasteiger partial charge is 0.107 e. The van der Waals surface area contributed by atoms with E-state index in [1.165, 1.54) is 53.2 Å². The highest BCUT2D eigenvalue weighted by Crippen LogP contribution is 2.14. The molecule has 1 aliphatic heterocycles. The van der Waals surface area contributed by atoms with Gasteiger partial charge in [-0.2, -0.15) is 0 Å². The highest BCUT2D eigenvalue weighted by atomic mass is 127. The lowest BCUT2D eigenvalue weighted by atomic mass is 10.1. The first-order valence-electron chi connectivity index (χ1n) is 6.38. The Morgan fingerprint density at radius 1 is 1.35 bits per heavy atom. The molecule has 1 aromatic rings. The lowest BCUT2D eigenvalue weighted by Crippen LogP contribution is -2.32. The molecule has 1 fully saturated rings. The molecular weight excluding hydrogens is 345 g/mol. The number of hydrogen-bond donors (Lipinski definition) is 1. The van der Waals surface area contributed by atoms with Crippen molar-refractivity contribution in [1.82, 2.24) is 15.2 Å². The molecule has 2 rings (SSSR count). The first-order chi connectivity index (χ1) is 8.34. The van der Waals surface area contributed by atoms with Crippen LogP contribution >= 0.6 is 33.9 Å². The van der Waals surface area contributed by atoms with Crippen LogP contribution in [0.15, 0.2) is 6.20 Å². The zero-order chi connectivity index (χ0) is 11.9. The number of nitrogens with zero attached hydrogens (tertiary/aromatic N) is 2. The third-order valence-corrected chi connectivity index (χ3v) is 4.80. The zero-order valence-corrected chi connectivity index (χ0v) is 13.1. The van der Waals surface area contributed by atoms with E-state index in [4.69, 9.17) is 0 Å². The molecule has 1 aromatic heterocycles. The molecule has 2 heterocycles. The number of aromatic nitrogens is 1. The Morgan fingerprint density at radius 3 is 2.88 bits per heavy atom. The number of rotatable bonds is 6. The summed E-state index contributed by atoms with van der Waals surface area (Å²) in [4.78, 5) is 6.94. The van der Waals surface area contributed by atoms with Crippen molar-refractivity contribution in [3.8, 4) is 0 Å². The SMILES string of the molecule is Ic1cnc(CNCCCN2CCCCC2)s1. The van der Waals surface area contributed by atoms with Crippen molar-refractivity contribution in [1.29, 1.82) is 0 Å². The van der Waals surface area contributed by atoms with Gasteiger partial charge in [0, 0.05) is 6.54 Å². The summed E-state index contributed by atoms with van der Waals surface area (Å²) in [7, 11) is 0. The first-order valence-corrected chi connectivity index (χ1v) is 8.27. The lowest BCUT2D eigenvalue weighted by molar-refractivity contribution is 0.225. The van der Waals surface area contributed by atoms with Crippen LogP contribution in [0.1, 0.15) is 30.7 Å². The van der Waals surface area contributed by atoms with Crippen molar-refractivity contribution in [2.45, 2.75) is 32.2 Å². The average molecular weight is 365 g/mol. The predicted molar refractivity (Wildman–Crippen MR) is 81.4 cm³/mol. The molecule has 96 valence electrons. The molecule has 3 nitrogen and oxygen atoms in total. The standard InChI is InChI=1S/C12H20IN3S/c13-11-9-15-12(17-11)10-14-5-4-8-16-6-2-1-3-7-16/h9,14H,1-8,10H2. The minimum atomic E-state index is 0.924. The van der Waals surface area contributed by atoms with Gasteiger partial charge in [-0.1, -0.05) is 6.42 Å². The third-order valence-electron chi connectivity index (χ3n) is 3.08. The highest BCUT2D eigenvalue weighted by Gasteiger charge is 2.08. The van der Waals surface area contributed by atoms with Crippen LogP contribution in [0.5, 0.6) is 0 Å².